The standard InChI is InChI=1S/C17H19Cl2N3O3S/c1-17(2,3)25-16(24)21-7-6-20-15(23)13-14(26-9-22-13)11-5-4-10(18)8-12(11)19/h4-5,8-9H,6-7H2,1-3H3,(H,20,23)(H,21,24). The van der Waals surface area contributed by atoms with Crippen molar-refractivity contribution in [1.29, 1.82) is 0 Å². The number of benzene rings is 1. The van der Waals surface area contributed by atoms with E-state index in [1.165, 1.54) is 11.3 Å². The van der Waals surface area contributed by atoms with E-state index in [4.69, 9.17) is 27.9 Å². The van der Waals surface area contributed by atoms with Gasteiger partial charge in [0.2, 0.25) is 0 Å². The molecule has 2 amide bonds. The Hall–Kier alpha value is -1.83. The van der Waals surface area contributed by atoms with Crippen molar-refractivity contribution < 1.29 is 14.3 Å². The van der Waals surface area contributed by atoms with Gasteiger partial charge in [0.05, 0.1) is 15.4 Å². The fraction of sp³-hybridized carbons (Fsp3) is 0.353. The van der Waals surface area contributed by atoms with Gasteiger partial charge in [-0.3, -0.25) is 4.79 Å². The lowest BCUT2D eigenvalue weighted by molar-refractivity contribution is 0.0526. The summed E-state index contributed by atoms with van der Waals surface area (Å²) in [4.78, 5) is 28.7. The van der Waals surface area contributed by atoms with E-state index < -0.39 is 11.7 Å². The smallest absolute Gasteiger partial charge is 0.407 e. The molecule has 2 aromatic rings. The number of carbonyl (C=O) groups is 2. The predicted octanol–water partition coefficient (Wildman–Crippen LogP) is 4.37. The van der Waals surface area contributed by atoms with Crippen molar-refractivity contribution in [1.82, 2.24) is 15.6 Å². The van der Waals surface area contributed by atoms with Crippen molar-refractivity contribution in [2.75, 3.05) is 13.1 Å². The molecule has 9 heteroatoms. The average Bonchev–Trinajstić information content (AvgIpc) is 2.99. The van der Waals surface area contributed by atoms with Crippen LogP contribution in [0, 0.1) is 0 Å². The zero-order chi connectivity index (χ0) is 19.3. The summed E-state index contributed by atoms with van der Waals surface area (Å²) in [5.74, 6) is -0.349. The van der Waals surface area contributed by atoms with Crippen LogP contribution in [0.3, 0.4) is 0 Å². The van der Waals surface area contributed by atoms with E-state index >= 15 is 0 Å². The quantitative estimate of drug-likeness (QED) is 0.710. The molecule has 0 bridgehead atoms. The Kier molecular flexibility index (Phi) is 6.86. The van der Waals surface area contributed by atoms with Crippen molar-refractivity contribution in [3.63, 3.8) is 0 Å². The number of nitrogens with one attached hydrogen (secondary N) is 2. The molecular formula is C17H19Cl2N3O3S. The fourth-order valence-electron chi connectivity index (χ4n) is 2.01. The molecule has 140 valence electrons. The zero-order valence-corrected chi connectivity index (χ0v) is 16.9. The predicted molar refractivity (Wildman–Crippen MR) is 104 cm³/mol. The maximum absolute atomic E-state index is 12.4. The van der Waals surface area contributed by atoms with Crippen LogP contribution >= 0.6 is 34.5 Å². The van der Waals surface area contributed by atoms with E-state index in [0.29, 0.717) is 20.5 Å². The maximum Gasteiger partial charge on any atom is 0.407 e. The van der Waals surface area contributed by atoms with E-state index in [9.17, 15) is 9.59 Å². The number of nitrogens with zero attached hydrogens (tertiary/aromatic N) is 1. The van der Waals surface area contributed by atoms with Crippen molar-refractivity contribution >= 4 is 46.5 Å². The summed E-state index contributed by atoms with van der Waals surface area (Å²) in [6, 6.07) is 5.07. The number of ether oxygens (including phenoxy) is 1. The summed E-state index contributed by atoms with van der Waals surface area (Å²) >= 11 is 13.4. The number of amides is 2. The Morgan fingerprint density at radius 3 is 2.54 bits per heavy atom. The minimum Gasteiger partial charge on any atom is -0.444 e. The summed E-state index contributed by atoms with van der Waals surface area (Å²) in [7, 11) is 0. The largest absolute Gasteiger partial charge is 0.444 e. The number of alkyl carbamates (subject to hydrolysis) is 1. The average molecular weight is 416 g/mol. The highest BCUT2D eigenvalue weighted by Gasteiger charge is 2.19. The second-order valence-corrected chi connectivity index (χ2v) is 8.04. The minimum atomic E-state index is -0.569. The van der Waals surface area contributed by atoms with Crippen LogP contribution in [0.2, 0.25) is 10.0 Å². The van der Waals surface area contributed by atoms with Crippen LogP contribution in [0.25, 0.3) is 10.4 Å². The highest BCUT2D eigenvalue weighted by molar-refractivity contribution is 7.13. The molecule has 0 fully saturated rings. The van der Waals surface area contributed by atoms with Gasteiger partial charge < -0.3 is 15.4 Å². The van der Waals surface area contributed by atoms with E-state index in [1.807, 2.05) is 0 Å². The van der Waals surface area contributed by atoms with Crippen LogP contribution in [0.1, 0.15) is 31.3 Å². The van der Waals surface area contributed by atoms with E-state index in [0.717, 1.165) is 0 Å². The molecule has 0 unspecified atom stereocenters. The van der Waals surface area contributed by atoms with Crippen LogP contribution in [0.5, 0.6) is 0 Å². The molecule has 2 rings (SSSR count). The molecule has 0 radical (unpaired) electrons. The summed E-state index contributed by atoms with van der Waals surface area (Å²) in [6.45, 7) is 5.81. The maximum atomic E-state index is 12.4. The molecule has 0 saturated heterocycles. The van der Waals surface area contributed by atoms with Crippen LogP contribution in [0.15, 0.2) is 23.7 Å². The van der Waals surface area contributed by atoms with Gasteiger partial charge in [0.1, 0.15) is 11.3 Å². The van der Waals surface area contributed by atoms with Gasteiger partial charge in [-0.15, -0.1) is 11.3 Å². The van der Waals surface area contributed by atoms with Gasteiger partial charge in [0.25, 0.3) is 5.91 Å². The third-order valence-corrected chi connectivity index (χ3v) is 4.44. The summed E-state index contributed by atoms with van der Waals surface area (Å²) < 4.78 is 5.12. The molecule has 0 spiro atoms. The number of carbonyl (C=O) groups excluding carboxylic acids is 2. The third-order valence-electron chi connectivity index (χ3n) is 3.04. The number of rotatable bonds is 5. The number of hydrogen-bond donors (Lipinski definition) is 2. The van der Waals surface area contributed by atoms with Gasteiger partial charge >= 0.3 is 6.09 Å². The summed E-state index contributed by atoms with van der Waals surface area (Å²) in [5, 5.41) is 6.24. The van der Waals surface area contributed by atoms with Gasteiger partial charge in [0.15, 0.2) is 0 Å². The van der Waals surface area contributed by atoms with Crippen molar-refractivity contribution in [2.24, 2.45) is 0 Å². The molecule has 0 aliphatic rings. The van der Waals surface area contributed by atoms with Crippen LogP contribution in [-0.2, 0) is 4.74 Å². The lowest BCUT2D eigenvalue weighted by Gasteiger charge is -2.19. The Balaban J connectivity index is 1.93. The van der Waals surface area contributed by atoms with Crippen LogP contribution < -0.4 is 10.6 Å². The topological polar surface area (TPSA) is 80.3 Å². The Morgan fingerprint density at radius 2 is 1.88 bits per heavy atom. The van der Waals surface area contributed by atoms with Gasteiger partial charge in [-0.25, -0.2) is 9.78 Å². The second kappa shape index (κ2) is 8.70. The molecule has 0 aliphatic carbocycles. The van der Waals surface area contributed by atoms with Crippen molar-refractivity contribution in [3.8, 4) is 10.4 Å². The van der Waals surface area contributed by atoms with Crippen LogP contribution in [-0.4, -0.2) is 35.7 Å². The SMILES string of the molecule is CC(C)(C)OC(=O)NCCNC(=O)c1ncsc1-c1ccc(Cl)cc1Cl. The van der Waals surface area contributed by atoms with Crippen molar-refractivity contribution in [2.45, 2.75) is 26.4 Å². The van der Waals surface area contributed by atoms with Gasteiger partial charge in [-0.2, -0.15) is 0 Å². The highest BCUT2D eigenvalue weighted by atomic mass is 35.5. The first kappa shape index (κ1) is 20.5. The second-order valence-electron chi connectivity index (χ2n) is 6.34. The molecular weight excluding hydrogens is 397 g/mol. The third kappa shape index (κ3) is 5.86. The Morgan fingerprint density at radius 1 is 1.19 bits per heavy atom. The molecule has 2 N–H and O–H groups in total. The fourth-order valence-corrected chi connectivity index (χ4v) is 3.40. The monoisotopic (exact) mass is 415 g/mol. The number of halogens is 2. The molecule has 1 aromatic heterocycles. The summed E-state index contributed by atoms with van der Waals surface area (Å²) in [5.41, 5.74) is 1.97. The first-order valence-corrected chi connectivity index (χ1v) is 9.45. The molecule has 0 atom stereocenters. The van der Waals surface area contributed by atoms with E-state index in [2.05, 4.69) is 15.6 Å². The number of aromatic nitrogens is 1. The summed E-state index contributed by atoms with van der Waals surface area (Å²) in [6.07, 6.45) is -0.533. The van der Waals surface area contributed by atoms with Gasteiger partial charge in [0, 0.05) is 23.7 Å². The van der Waals surface area contributed by atoms with Gasteiger partial charge in [-0.1, -0.05) is 29.3 Å². The first-order valence-electron chi connectivity index (χ1n) is 7.81. The zero-order valence-electron chi connectivity index (χ0n) is 14.6. The van der Waals surface area contributed by atoms with E-state index in [1.54, 1.807) is 44.5 Å². The van der Waals surface area contributed by atoms with Gasteiger partial charge in [-0.05, 0) is 32.9 Å². The normalized spacial score (nSPS) is 11.1. The number of thiazole rings is 1. The highest BCUT2D eigenvalue weighted by Crippen LogP contribution is 2.34. The minimum absolute atomic E-state index is 0.238. The molecule has 0 aliphatic heterocycles. The van der Waals surface area contributed by atoms with Crippen molar-refractivity contribution in [3.05, 3.63) is 39.4 Å². The number of hydrogen-bond acceptors (Lipinski definition) is 5. The Bertz CT molecular complexity index is 803. The molecule has 26 heavy (non-hydrogen) atoms. The van der Waals surface area contributed by atoms with Crippen LogP contribution in [0.4, 0.5) is 4.79 Å². The molecule has 1 heterocycles. The van der Waals surface area contributed by atoms with E-state index in [-0.39, 0.29) is 24.7 Å². The molecule has 0 saturated carbocycles. The lowest BCUT2D eigenvalue weighted by atomic mass is 10.1. The first-order chi connectivity index (χ1) is 12.2. The lowest BCUT2D eigenvalue weighted by Crippen LogP contribution is -2.38. The molecule has 6 nitrogen and oxygen atoms in total. The molecule has 1 aromatic carbocycles. The Labute approximate surface area is 165 Å².